The van der Waals surface area contributed by atoms with Crippen molar-refractivity contribution in [3.05, 3.63) is 18.2 Å². The number of hydrogen-bond donors (Lipinski definition) is 1. The number of imidazole rings is 1. The lowest BCUT2D eigenvalue weighted by atomic mass is 10.1. The van der Waals surface area contributed by atoms with Crippen LogP contribution in [0.1, 0.15) is 44.2 Å². The van der Waals surface area contributed by atoms with Gasteiger partial charge in [-0.2, -0.15) is 0 Å². The quantitative estimate of drug-likeness (QED) is 0.720. The zero-order valence-electron chi connectivity index (χ0n) is 11.4. The fraction of sp³-hybridized carbons (Fsp3) is 0.786. The molecule has 1 aromatic heterocycles. The van der Waals surface area contributed by atoms with Crippen molar-refractivity contribution in [2.24, 2.45) is 0 Å². The number of aromatic nitrogens is 2. The van der Waals surface area contributed by atoms with Crippen LogP contribution in [-0.4, -0.2) is 35.9 Å². The van der Waals surface area contributed by atoms with Crippen LogP contribution in [0.25, 0.3) is 0 Å². The Bertz CT molecular complexity index is 332. The van der Waals surface area contributed by atoms with E-state index in [2.05, 4.69) is 21.8 Å². The number of aryl methyl sites for hydroxylation is 1. The van der Waals surface area contributed by atoms with Crippen LogP contribution in [0.4, 0.5) is 0 Å². The van der Waals surface area contributed by atoms with Gasteiger partial charge in [-0.25, -0.2) is 4.98 Å². The molecule has 0 amide bonds. The molecule has 4 heteroatoms. The van der Waals surface area contributed by atoms with E-state index in [4.69, 9.17) is 4.74 Å². The van der Waals surface area contributed by atoms with Crippen molar-refractivity contribution in [1.82, 2.24) is 14.9 Å². The summed E-state index contributed by atoms with van der Waals surface area (Å²) >= 11 is 0. The van der Waals surface area contributed by atoms with Gasteiger partial charge in [-0.3, -0.25) is 0 Å². The molecular formula is C14H25N3O. The first kappa shape index (κ1) is 13.6. The second kappa shape index (κ2) is 7.54. The predicted molar refractivity (Wildman–Crippen MR) is 72.8 cm³/mol. The van der Waals surface area contributed by atoms with Crippen LogP contribution >= 0.6 is 0 Å². The van der Waals surface area contributed by atoms with Gasteiger partial charge in [0.1, 0.15) is 0 Å². The van der Waals surface area contributed by atoms with Crippen molar-refractivity contribution >= 4 is 0 Å². The lowest BCUT2D eigenvalue weighted by Crippen LogP contribution is -2.12. The van der Waals surface area contributed by atoms with Crippen LogP contribution in [0.3, 0.4) is 0 Å². The molecule has 1 N–H and O–H groups in total. The Morgan fingerprint density at radius 3 is 3.11 bits per heavy atom. The predicted octanol–water partition coefficient (Wildman–Crippen LogP) is 2.17. The van der Waals surface area contributed by atoms with Crippen molar-refractivity contribution in [2.75, 3.05) is 26.3 Å². The molecule has 1 saturated heterocycles. The summed E-state index contributed by atoms with van der Waals surface area (Å²) in [5, 5.41) is 3.41. The van der Waals surface area contributed by atoms with E-state index in [9.17, 15) is 0 Å². The van der Waals surface area contributed by atoms with E-state index in [1.54, 1.807) is 0 Å². The highest BCUT2D eigenvalue weighted by molar-refractivity contribution is 5.09. The van der Waals surface area contributed by atoms with Gasteiger partial charge in [-0.05, 0) is 25.8 Å². The zero-order valence-corrected chi connectivity index (χ0v) is 11.4. The van der Waals surface area contributed by atoms with Crippen molar-refractivity contribution in [3.63, 3.8) is 0 Å². The first-order valence-corrected chi connectivity index (χ1v) is 7.20. The molecule has 0 aromatic carbocycles. The molecule has 1 atom stereocenters. The number of rotatable bonds is 8. The number of unbranched alkanes of at least 4 members (excludes halogenated alkanes) is 1. The summed E-state index contributed by atoms with van der Waals surface area (Å²) in [6.07, 6.45) is 8.67. The molecule has 0 saturated carbocycles. The van der Waals surface area contributed by atoms with Crippen LogP contribution in [0.5, 0.6) is 0 Å². The normalized spacial score (nSPS) is 19.5. The maximum atomic E-state index is 5.59. The van der Waals surface area contributed by atoms with Gasteiger partial charge in [0.15, 0.2) is 0 Å². The molecule has 2 heterocycles. The topological polar surface area (TPSA) is 39.1 Å². The summed E-state index contributed by atoms with van der Waals surface area (Å²) in [4.78, 5) is 4.29. The smallest absolute Gasteiger partial charge is 0.0948 e. The largest absolute Gasteiger partial charge is 0.381 e. The minimum Gasteiger partial charge on any atom is -0.381 e. The minimum atomic E-state index is 0.647. The molecule has 1 aliphatic rings. The lowest BCUT2D eigenvalue weighted by molar-refractivity contribution is 0.126. The first-order valence-electron chi connectivity index (χ1n) is 7.20. The first-order chi connectivity index (χ1) is 8.92. The van der Waals surface area contributed by atoms with E-state index >= 15 is 0 Å². The zero-order chi connectivity index (χ0) is 12.6. The van der Waals surface area contributed by atoms with Crippen LogP contribution < -0.4 is 5.32 Å². The highest BCUT2D eigenvalue weighted by Gasteiger charge is 2.19. The fourth-order valence-electron chi connectivity index (χ4n) is 2.45. The summed E-state index contributed by atoms with van der Waals surface area (Å²) in [6, 6.07) is 0. The molecule has 4 nitrogen and oxygen atoms in total. The Hall–Kier alpha value is -0.870. The van der Waals surface area contributed by atoms with Crippen molar-refractivity contribution in [1.29, 1.82) is 0 Å². The Balaban J connectivity index is 1.70. The van der Waals surface area contributed by atoms with Crippen LogP contribution in [0.15, 0.2) is 12.5 Å². The molecule has 0 spiro atoms. The number of nitrogens with zero attached hydrogens (tertiary/aromatic N) is 2. The van der Waals surface area contributed by atoms with Gasteiger partial charge in [0, 0.05) is 44.1 Å². The van der Waals surface area contributed by atoms with Crippen molar-refractivity contribution in [3.8, 4) is 0 Å². The van der Waals surface area contributed by atoms with Gasteiger partial charge in [0.2, 0.25) is 0 Å². The molecule has 1 aliphatic heterocycles. The summed E-state index contributed by atoms with van der Waals surface area (Å²) in [7, 11) is 0. The van der Waals surface area contributed by atoms with Gasteiger partial charge in [0.05, 0.1) is 6.33 Å². The summed E-state index contributed by atoms with van der Waals surface area (Å²) in [5.41, 5.74) is 1.38. The Labute approximate surface area is 110 Å². The van der Waals surface area contributed by atoms with E-state index < -0.39 is 0 Å². The average Bonchev–Trinajstić information content (AvgIpc) is 3.03. The van der Waals surface area contributed by atoms with E-state index in [-0.39, 0.29) is 0 Å². The van der Waals surface area contributed by atoms with Crippen LogP contribution in [0, 0.1) is 0 Å². The average molecular weight is 251 g/mol. The molecule has 1 aromatic rings. The third-order valence-corrected chi connectivity index (χ3v) is 3.55. The number of nitrogens with one attached hydrogen (secondary N) is 1. The summed E-state index contributed by atoms with van der Waals surface area (Å²) in [6.45, 7) is 7.21. The molecule has 2 rings (SSSR count). The molecule has 18 heavy (non-hydrogen) atoms. The van der Waals surface area contributed by atoms with Gasteiger partial charge < -0.3 is 14.6 Å². The molecule has 1 unspecified atom stereocenters. The molecule has 0 aliphatic carbocycles. The van der Waals surface area contributed by atoms with Crippen LogP contribution in [0.2, 0.25) is 0 Å². The molecular weight excluding hydrogens is 226 g/mol. The van der Waals surface area contributed by atoms with E-state index in [0.29, 0.717) is 5.92 Å². The fourth-order valence-corrected chi connectivity index (χ4v) is 2.45. The maximum Gasteiger partial charge on any atom is 0.0948 e. The number of hydrogen-bond acceptors (Lipinski definition) is 3. The highest BCUT2D eigenvalue weighted by atomic mass is 16.5. The lowest BCUT2D eigenvalue weighted by Gasteiger charge is -2.12. The van der Waals surface area contributed by atoms with Crippen molar-refractivity contribution < 1.29 is 4.74 Å². The summed E-state index contributed by atoms with van der Waals surface area (Å²) in [5.74, 6) is 0.647. The standard InChI is InChI=1S/C14H25N3O/c1-2-3-8-18-9-4-7-17-12-16-11-14(17)13-5-6-15-10-13/h11-13,15H,2-10H2,1H3. The second-order valence-electron chi connectivity index (χ2n) is 5.02. The SMILES string of the molecule is CCCCOCCCn1cncc1C1CCNC1. The molecule has 0 bridgehead atoms. The third-order valence-electron chi connectivity index (χ3n) is 3.55. The minimum absolute atomic E-state index is 0.647. The van der Waals surface area contributed by atoms with Crippen molar-refractivity contribution in [2.45, 2.75) is 45.1 Å². The van der Waals surface area contributed by atoms with E-state index in [1.807, 2.05) is 12.5 Å². The van der Waals surface area contributed by atoms with Gasteiger partial charge in [-0.1, -0.05) is 13.3 Å². The van der Waals surface area contributed by atoms with E-state index in [0.717, 1.165) is 39.3 Å². The monoisotopic (exact) mass is 251 g/mol. The van der Waals surface area contributed by atoms with Gasteiger partial charge in [-0.15, -0.1) is 0 Å². The summed E-state index contributed by atoms with van der Waals surface area (Å²) < 4.78 is 7.88. The van der Waals surface area contributed by atoms with Gasteiger partial charge in [0.25, 0.3) is 0 Å². The molecule has 1 fully saturated rings. The van der Waals surface area contributed by atoms with Crippen LogP contribution in [-0.2, 0) is 11.3 Å². The Kier molecular flexibility index (Phi) is 5.68. The molecule has 0 radical (unpaired) electrons. The van der Waals surface area contributed by atoms with E-state index in [1.165, 1.54) is 25.0 Å². The maximum absolute atomic E-state index is 5.59. The second-order valence-corrected chi connectivity index (χ2v) is 5.02. The highest BCUT2D eigenvalue weighted by Crippen LogP contribution is 2.21. The molecule has 102 valence electrons. The Morgan fingerprint density at radius 2 is 2.33 bits per heavy atom. The third kappa shape index (κ3) is 3.82. The number of ether oxygens (including phenoxy) is 1. The van der Waals surface area contributed by atoms with Gasteiger partial charge >= 0.3 is 0 Å². The Morgan fingerprint density at radius 1 is 1.44 bits per heavy atom.